The summed E-state index contributed by atoms with van der Waals surface area (Å²) in [5.41, 5.74) is 5.07. The fraction of sp³-hybridized carbons (Fsp3) is 0.0909. The van der Waals surface area contributed by atoms with Crippen molar-refractivity contribution in [2.75, 3.05) is 7.11 Å². The molecule has 27 heavy (non-hydrogen) atoms. The molecule has 0 aliphatic carbocycles. The number of aromatic nitrogens is 2. The van der Waals surface area contributed by atoms with Crippen molar-refractivity contribution in [3.63, 3.8) is 0 Å². The van der Waals surface area contributed by atoms with Gasteiger partial charge >= 0.3 is 0 Å². The van der Waals surface area contributed by atoms with Crippen molar-refractivity contribution in [1.82, 2.24) is 9.97 Å². The summed E-state index contributed by atoms with van der Waals surface area (Å²) in [5.74, 6) is 0.931. The number of nitrogens with zero attached hydrogens (tertiary/aromatic N) is 2. The molecule has 0 fully saturated rings. The number of benzene rings is 2. The predicted molar refractivity (Wildman–Crippen MR) is 106 cm³/mol. The van der Waals surface area contributed by atoms with Crippen LogP contribution in [-0.2, 0) is 0 Å². The molecule has 0 atom stereocenters. The minimum Gasteiger partial charge on any atom is -0.497 e. The molecule has 0 saturated heterocycles. The van der Waals surface area contributed by atoms with Crippen molar-refractivity contribution in [2.45, 2.75) is 5.92 Å². The van der Waals surface area contributed by atoms with Crippen LogP contribution in [0.15, 0.2) is 95.4 Å². The first kappa shape index (κ1) is 16.8. The predicted octanol–water partition coefficient (Wildman–Crippen LogP) is 5.95. The number of ether oxygens (including phenoxy) is 1. The van der Waals surface area contributed by atoms with Gasteiger partial charge in [-0.05, 0) is 66.2 Å². The maximum absolute atomic E-state index is 5.15. The normalized spacial score (nSPS) is 11.3. The van der Waals surface area contributed by atoms with Gasteiger partial charge in [-0.3, -0.25) is 0 Å². The van der Waals surface area contributed by atoms with E-state index in [9.17, 15) is 0 Å². The summed E-state index contributed by atoms with van der Waals surface area (Å²) in [5, 5.41) is 8.61. The molecule has 2 aromatic carbocycles. The van der Waals surface area contributed by atoms with E-state index < -0.39 is 0 Å². The fourth-order valence-electron chi connectivity index (χ4n) is 3.07. The second-order valence-corrected chi connectivity index (χ2v) is 6.17. The van der Waals surface area contributed by atoms with Crippen molar-refractivity contribution >= 4 is 11.4 Å². The summed E-state index contributed by atoms with van der Waals surface area (Å²) in [6.45, 7) is 0. The van der Waals surface area contributed by atoms with Crippen LogP contribution in [0.25, 0.3) is 0 Å². The third kappa shape index (κ3) is 3.82. The van der Waals surface area contributed by atoms with Gasteiger partial charge in [0.15, 0.2) is 0 Å². The molecule has 0 unspecified atom stereocenters. The lowest BCUT2D eigenvalue weighted by molar-refractivity contribution is 0.415. The third-order valence-electron chi connectivity index (χ3n) is 4.45. The molecule has 2 heterocycles. The molecule has 0 spiro atoms. The number of hydrogen-bond donors (Lipinski definition) is 2. The van der Waals surface area contributed by atoms with Crippen molar-refractivity contribution in [3.8, 4) is 5.75 Å². The van der Waals surface area contributed by atoms with Crippen LogP contribution in [0.2, 0.25) is 0 Å². The van der Waals surface area contributed by atoms with Crippen LogP contribution in [0, 0.1) is 0 Å². The third-order valence-corrected chi connectivity index (χ3v) is 4.45. The van der Waals surface area contributed by atoms with Gasteiger partial charge in [0.25, 0.3) is 0 Å². The van der Waals surface area contributed by atoms with Crippen LogP contribution in [0.1, 0.15) is 22.9 Å². The van der Waals surface area contributed by atoms with E-state index in [1.165, 1.54) is 5.56 Å². The smallest absolute Gasteiger partial charge is 0.119 e. The molecular weight excluding hydrogens is 336 g/mol. The Balaban J connectivity index is 1.56. The molecule has 4 rings (SSSR count). The maximum atomic E-state index is 5.15. The Morgan fingerprint density at radius 2 is 1.22 bits per heavy atom. The Hall–Kier alpha value is -3.60. The van der Waals surface area contributed by atoms with Gasteiger partial charge in [0.2, 0.25) is 0 Å². The highest BCUT2D eigenvalue weighted by Gasteiger charge is 2.18. The lowest BCUT2D eigenvalue weighted by Gasteiger charge is -2.15. The highest BCUT2D eigenvalue weighted by molar-refractivity contribution is 5.46. The van der Waals surface area contributed by atoms with Crippen molar-refractivity contribution in [1.29, 1.82) is 0 Å². The van der Waals surface area contributed by atoms with E-state index in [1.807, 2.05) is 60.9 Å². The second-order valence-electron chi connectivity index (χ2n) is 6.17. The first-order valence-electron chi connectivity index (χ1n) is 8.76. The van der Waals surface area contributed by atoms with Crippen LogP contribution in [-0.4, -0.2) is 17.1 Å². The van der Waals surface area contributed by atoms with Crippen molar-refractivity contribution in [2.24, 2.45) is 10.2 Å². The van der Waals surface area contributed by atoms with E-state index in [2.05, 4.69) is 44.5 Å². The average molecular weight is 356 g/mol. The fourth-order valence-corrected chi connectivity index (χ4v) is 3.07. The van der Waals surface area contributed by atoms with Gasteiger partial charge in [-0.15, -0.1) is 0 Å². The van der Waals surface area contributed by atoms with Gasteiger partial charge < -0.3 is 14.7 Å². The van der Waals surface area contributed by atoms with E-state index in [4.69, 9.17) is 4.74 Å². The molecule has 2 N–H and O–H groups in total. The maximum Gasteiger partial charge on any atom is 0.119 e. The van der Waals surface area contributed by atoms with Gasteiger partial charge in [0, 0.05) is 23.8 Å². The zero-order valence-corrected chi connectivity index (χ0v) is 15.0. The zero-order valence-electron chi connectivity index (χ0n) is 15.0. The second kappa shape index (κ2) is 7.74. The Labute approximate surface area is 157 Å². The molecule has 0 amide bonds. The van der Waals surface area contributed by atoms with Crippen LogP contribution >= 0.6 is 0 Å². The quantitative estimate of drug-likeness (QED) is 0.412. The van der Waals surface area contributed by atoms with Gasteiger partial charge in [-0.2, -0.15) is 10.2 Å². The zero-order chi connectivity index (χ0) is 18.5. The summed E-state index contributed by atoms with van der Waals surface area (Å²) in [4.78, 5) is 6.64. The number of rotatable bonds is 6. The van der Waals surface area contributed by atoms with E-state index in [0.29, 0.717) is 0 Å². The van der Waals surface area contributed by atoms with Gasteiger partial charge in [-0.1, -0.05) is 12.1 Å². The molecule has 5 heteroatoms. The monoisotopic (exact) mass is 356 g/mol. The van der Waals surface area contributed by atoms with E-state index in [0.717, 1.165) is 28.5 Å². The Bertz CT molecular complexity index is 951. The number of nitrogens with one attached hydrogen (secondary N) is 2. The highest BCUT2D eigenvalue weighted by atomic mass is 16.5. The standard InChI is InChI=1S/C22H20N4O/c1-27-19-12-10-18(11-13-19)26-25-17-8-6-16(7-9-17)22(20-4-2-14-23-20)21-5-3-15-24-21/h2-15,22-24H,1H3. The molecule has 0 saturated carbocycles. The first-order valence-corrected chi connectivity index (χ1v) is 8.76. The lowest BCUT2D eigenvalue weighted by atomic mass is 9.92. The molecule has 0 aliphatic rings. The largest absolute Gasteiger partial charge is 0.497 e. The lowest BCUT2D eigenvalue weighted by Crippen LogP contribution is -2.03. The number of methoxy groups -OCH3 is 1. The number of aromatic amines is 2. The van der Waals surface area contributed by atoms with E-state index in [1.54, 1.807) is 7.11 Å². The number of H-pyrrole nitrogens is 2. The average Bonchev–Trinajstić information content (AvgIpc) is 3.43. The number of hydrogen-bond acceptors (Lipinski definition) is 3. The van der Waals surface area contributed by atoms with Crippen molar-refractivity contribution in [3.05, 3.63) is 102 Å². The van der Waals surface area contributed by atoms with Gasteiger partial charge in [0.05, 0.1) is 24.4 Å². The molecule has 5 nitrogen and oxygen atoms in total. The molecule has 0 aliphatic heterocycles. The van der Waals surface area contributed by atoms with Crippen LogP contribution in [0.5, 0.6) is 5.75 Å². The molecule has 2 aromatic heterocycles. The SMILES string of the molecule is COc1ccc(N=Nc2ccc(C(c3ccc[nH]3)c3ccc[nH]3)cc2)cc1. The summed E-state index contributed by atoms with van der Waals surface area (Å²) < 4.78 is 5.15. The first-order chi connectivity index (χ1) is 13.3. The van der Waals surface area contributed by atoms with E-state index in [-0.39, 0.29) is 5.92 Å². The molecular formula is C22H20N4O. The molecule has 0 bridgehead atoms. The molecule has 0 radical (unpaired) electrons. The van der Waals surface area contributed by atoms with Crippen LogP contribution < -0.4 is 4.74 Å². The minimum absolute atomic E-state index is 0.127. The Kier molecular flexibility index (Phi) is 4.83. The molecule has 134 valence electrons. The summed E-state index contributed by atoms with van der Waals surface area (Å²) in [6.07, 6.45) is 3.89. The Morgan fingerprint density at radius 1 is 0.704 bits per heavy atom. The summed E-state index contributed by atoms with van der Waals surface area (Å²) in [7, 11) is 1.64. The Morgan fingerprint density at radius 3 is 1.67 bits per heavy atom. The van der Waals surface area contributed by atoms with Gasteiger partial charge in [0.1, 0.15) is 5.75 Å². The molecule has 4 aromatic rings. The summed E-state index contributed by atoms with van der Waals surface area (Å²) in [6, 6.07) is 23.9. The van der Waals surface area contributed by atoms with Crippen LogP contribution in [0.4, 0.5) is 11.4 Å². The summed E-state index contributed by atoms with van der Waals surface area (Å²) >= 11 is 0. The van der Waals surface area contributed by atoms with Gasteiger partial charge in [-0.25, -0.2) is 0 Å². The van der Waals surface area contributed by atoms with E-state index >= 15 is 0 Å². The van der Waals surface area contributed by atoms with Crippen molar-refractivity contribution < 1.29 is 4.74 Å². The minimum atomic E-state index is 0.127. The highest BCUT2D eigenvalue weighted by Crippen LogP contribution is 2.31. The number of azo groups is 1. The topological polar surface area (TPSA) is 65.5 Å². The van der Waals surface area contributed by atoms with Crippen LogP contribution in [0.3, 0.4) is 0 Å².